The number of benzene rings is 1. The number of alkyl halides is 3. The van der Waals surface area contributed by atoms with Crippen LogP contribution >= 0.6 is 12.4 Å². The number of nitrogens with one attached hydrogen (secondary N) is 1. The summed E-state index contributed by atoms with van der Waals surface area (Å²) in [7, 11) is 0. The molecule has 0 aliphatic carbocycles. The lowest BCUT2D eigenvalue weighted by atomic mass is 10.0. The van der Waals surface area contributed by atoms with Crippen LogP contribution in [0.4, 0.5) is 13.2 Å². The summed E-state index contributed by atoms with van der Waals surface area (Å²) in [6, 6.07) is 9.34. The lowest BCUT2D eigenvalue weighted by Gasteiger charge is -2.36. The van der Waals surface area contributed by atoms with E-state index in [2.05, 4.69) is 15.0 Å². The number of hydrogen-bond acceptors (Lipinski definition) is 4. The van der Waals surface area contributed by atoms with Crippen molar-refractivity contribution in [2.45, 2.75) is 25.2 Å². The predicted octanol–water partition coefficient (Wildman–Crippen LogP) is 3.51. The Kier molecular flexibility index (Phi) is 7.65. The van der Waals surface area contributed by atoms with Crippen LogP contribution < -0.4 is 10.1 Å². The quantitative estimate of drug-likeness (QED) is 0.812. The van der Waals surface area contributed by atoms with Crippen LogP contribution in [0.5, 0.6) is 5.75 Å². The van der Waals surface area contributed by atoms with Crippen LogP contribution in [0, 0.1) is 0 Å². The van der Waals surface area contributed by atoms with Crippen LogP contribution in [-0.2, 0) is 11.2 Å². The summed E-state index contributed by atoms with van der Waals surface area (Å²) in [5.41, 5.74) is 1.76. The number of aryl methyl sites for hydroxylation is 1. The van der Waals surface area contributed by atoms with Gasteiger partial charge in [-0.25, -0.2) is 0 Å². The van der Waals surface area contributed by atoms with Gasteiger partial charge >= 0.3 is 6.36 Å². The first kappa shape index (κ1) is 22.0. The fraction of sp³-hybridized carbons (Fsp3) is 0.368. The number of piperazine rings is 1. The van der Waals surface area contributed by atoms with Gasteiger partial charge in [0.1, 0.15) is 5.75 Å². The zero-order chi connectivity index (χ0) is 19.3. The second-order valence-electron chi connectivity index (χ2n) is 6.29. The Morgan fingerprint density at radius 3 is 2.64 bits per heavy atom. The van der Waals surface area contributed by atoms with E-state index in [1.54, 1.807) is 24.5 Å². The Morgan fingerprint density at radius 1 is 1.25 bits per heavy atom. The molecule has 1 aromatic heterocycles. The smallest absolute Gasteiger partial charge is 0.406 e. The number of hydrogen-bond donors (Lipinski definition) is 1. The van der Waals surface area contributed by atoms with Crippen LogP contribution in [0.15, 0.2) is 48.8 Å². The fourth-order valence-corrected chi connectivity index (χ4v) is 3.13. The second kappa shape index (κ2) is 9.75. The molecule has 0 spiro atoms. The first-order chi connectivity index (χ1) is 12.9. The Bertz CT molecular complexity index is 757. The van der Waals surface area contributed by atoms with Gasteiger partial charge in [0.2, 0.25) is 5.91 Å². The van der Waals surface area contributed by atoms with E-state index < -0.39 is 6.36 Å². The lowest BCUT2D eigenvalue weighted by molar-refractivity contribution is -0.274. The summed E-state index contributed by atoms with van der Waals surface area (Å²) in [5.74, 6) is -0.253. The fourth-order valence-electron chi connectivity index (χ4n) is 3.13. The van der Waals surface area contributed by atoms with Gasteiger partial charge in [0, 0.05) is 38.4 Å². The molecule has 1 fully saturated rings. The van der Waals surface area contributed by atoms with Crippen molar-refractivity contribution in [1.29, 1.82) is 0 Å². The Balaban J connectivity index is 0.00000280. The molecule has 5 nitrogen and oxygen atoms in total. The highest BCUT2D eigenvalue weighted by atomic mass is 35.5. The third kappa shape index (κ3) is 6.10. The van der Waals surface area contributed by atoms with Gasteiger partial charge in [-0.3, -0.25) is 9.78 Å². The van der Waals surface area contributed by atoms with Gasteiger partial charge in [0.05, 0.1) is 6.04 Å². The Hall–Kier alpha value is -2.32. The summed E-state index contributed by atoms with van der Waals surface area (Å²) in [4.78, 5) is 18.7. The molecule has 1 saturated heterocycles. The number of ether oxygens (including phenoxy) is 1. The first-order valence-electron chi connectivity index (χ1n) is 8.67. The molecule has 2 aromatic rings. The van der Waals surface area contributed by atoms with Gasteiger partial charge in [0.15, 0.2) is 0 Å². The van der Waals surface area contributed by atoms with Crippen LogP contribution in [0.2, 0.25) is 0 Å². The standard InChI is InChI=1S/C19H20F3N3O2.ClH/c20-19(21,22)27-16-6-3-14(4-7-16)5-8-18(26)25-11-10-24-13-17(25)15-2-1-9-23-12-15;/h1-4,6-7,9,12,17,24H,5,8,10-11,13H2;1H. The maximum atomic E-state index is 12.7. The van der Waals surface area contributed by atoms with Crippen molar-refractivity contribution in [3.05, 3.63) is 59.9 Å². The third-order valence-electron chi connectivity index (χ3n) is 4.42. The molecule has 1 aliphatic heterocycles. The molecule has 1 aliphatic rings. The molecule has 1 unspecified atom stereocenters. The summed E-state index contributed by atoms with van der Waals surface area (Å²) in [6.45, 7) is 2.00. The molecule has 1 amide bonds. The molecule has 0 radical (unpaired) electrons. The van der Waals surface area contributed by atoms with Crippen molar-refractivity contribution in [1.82, 2.24) is 15.2 Å². The van der Waals surface area contributed by atoms with Crippen molar-refractivity contribution < 1.29 is 22.7 Å². The Morgan fingerprint density at radius 2 is 2.00 bits per heavy atom. The summed E-state index contributed by atoms with van der Waals surface area (Å²) in [5, 5.41) is 3.29. The highest BCUT2D eigenvalue weighted by molar-refractivity contribution is 5.85. The molecule has 9 heteroatoms. The molecule has 1 atom stereocenters. The highest BCUT2D eigenvalue weighted by Gasteiger charge is 2.31. The van der Waals surface area contributed by atoms with Crippen LogP contribution in [0.25, 0.3) is 0 Å². The number of aromatic nitrogens is 1. The van der Waals surface area contributed by atoms with Gasteiger partial charge in [-0.1, -0.05) is 18.2 Å². The minimum absolute atomic E-state index is 0. The van der Waals surface area contributed by atoms with Crippen molar-refractivity contribution in [2.75, 3.05) is 19.6 Å². The second-order valence-corrected chi connectivity index (χ2v) is 6.29. The minimum atomic E-state index is -4.71. The number of halogens is 4. The molecule has 0 saturated carbocycles. The van der Waals surface area contributed by atoms with E-state index >= 15 is 0 Å². The van der Waals surface area contributed by atoms with Gasteiger partial charge < -0.3 is 15.0 Å². The molecule has 1 aromatic carbocycles. The maximum absolute atomic E-state index is 12.7. The summed E-state index contributed by atoms with van der Waals surface area (Å²) >= 11 is 0. The molecule has 2 heterocycles. The van der Waals surface area contributed by atoms with Crippen molar-refractivity contribution in [3.63, 3.8) is 0 Å². The minimum Gasteiger partial charge on any atom is -0.406 e. The number of carbonyl (C=O) groups excluding carboxylic acids is 1. The zero-order valence-electron chi connectivity index (χ0n) is 15.0. The summed E-state index contributed by atoms with van der Waals surface area (Å²) in [6.07, 6.45) is -0.512. The van der Waals surface area contributed by atoms with Crippen LogP contribution in [0.3, 0.4) is 0 Å². The average molecular weight is 416 g/mol. The molecular weight excluding hydrogens is 395 g/mol. The van der Waals surface area contributed by atoms with E-state index in [1.165, 1.54) is 12.1 Å². The SMILES string of the molecule is Cl.O=C(CCc1ccc(OC(F)(F)F)cc1)N1CCNCC1c1cccnc1. The zero-order valence-corrected chi connectivity index (χ0v) is 15.8. The normalized spacial score (nSPS) is 17.0. The Labute approximate surface area is 167 Å². The van der Waals surface area contributed by atoms with Crippen molar-refractivity contribution in [2.24, 2.45) is 0 Å². The van der Waals surface area contributed by atoms with Gasteiger partial charge in [-0.15, -0.1) is 25.6 Å². The molecule has 152 valence electrons. The number of nitrogens with zero attached hydrogens (tertiary/aromatic N) is 2. The number of pyridine rings is 1. The van der Waals surface area contributed by atoms with E-state index in [-0.39, 0.29) is 36.5 Å². The number of amides is 1. The van der Waals surface area contributed by atoms with E-state index in [1.807, 2.05) is 17.0 Å². The largest absolute Gasteiger partial charge is 0.573 e. The van der Waals surface area contributed by atoms with E-state index in [9.17, 15) is 18.0 Å². The van der Waals surface area contributed by atoms with Crippen molar-refractivity contribution in [3.8, 4) is 5.75 Å². The van der Waals surface area contributed by atoms with Gasteiger partial charge in [-0.05, 0) is 35.7 Å². The van der Waals surface area contributed by atoms with E-state index in [0.29, 0.717) is 19.5 Å². The average Bonchev–Trinajstić information content (AvgIpc) is 2.67. The van der Waals surface area contributed by atoms with E-state index in [0.717, 1.165) is 17.7 Å². The maximum Gasteiger partial charge on any atom is 0.573 e. The first-order valence-corrected chi connectivity index (χ1v) is 8.67. The topological polar surface area (TPSA) is 54.5 Å². The van der Waals surface area contributed by atoms with Gasteiger partial charge in [0.25, 0.3) is 0 Å². The predicted molar refractivity (Wildman–Crippen MR) is 100 cm³/mol. The monoisotopic (exact) mass is 415 g/mol. The van der Waals surface area contributed by atoms with Crippen LogP contribution in [-0.4, -0.2) is 41.8 Å². The number of carbonyl (C=O) groups is 1. The molecule has 0 bridgehead atoms. The lowest BCUT2D eigenvalue weighted by Crippen LogP contribution is -2.48. The molecular formula is C19H21ClF3N3O2. The van der Waals surface area contributed by atoms with Crippen molar-refractivity contribution >= 4 is 18.3 Å². The highest BCUT2D eigenvalue weighted by Crippen LogP contribution is 2.24. The summed E-state index contributed by atoms with van der Waals surface area (Å²) < 4.78 is 40.4. The number of rotatable bonds is 5. The molecule has 28 heavy (non-hydrogen) atoms. The van der Waals surface area contributed by atoms with Gasteiger partial charge in [-0.2, -0.15) is 0 Å². The van der Waals surface area contributed by atoms with E-state index in [4.69, 9.17) is 0 Å². The third-order valence-corrected chi connectivity index (χ3v) is 4.42. The molecule has 1 N–H and O–H groups in total. The molecule has 3 rings (SSSR count). The van der Waals surface area contributed by atoms with Crippen LogP contribution in [0.1, 0.15) is 23.6 Å².